The number of rotatable bonds is 0. The Kier molecular flexibility index (Phi) is 1.25. The third kappa shape index (κ3) is 0.806. The van der Waals surface area contributed by atoms with Gasteiger partial charge in [0.25, 0.3) is 0 Å². The summed E-state index contributed by atoms with van der Waals surface area (Å²) in [7, 11) is 0. The first-order valence-corrected chi connectivity index (χ1v) is 4.19. The standard InChI is InChI=1S/C9H7N5/c10-6-7-5(2-1-3-11-7)14-9-8(6)12-4-13-9/h1-4H,(H3,10,12,13,14). The lowest BCUT2D eigenvalue weighted by Crippen LogP contribution is -1.93. The highest BCUT2D eigenvalue weighted by molar-refractivity contribution is 6.01. The van der Waals surface area contributed by atoms with Crippen molar-refractivity contribution in [3.8, 4) is 0 Å². The molecule has 3 N–H and O–H groups in total. The molecule has 0 aliphatic rings. The molecule has 5 heteroatoms. The first-order valence-electron chi connectivity index (χ1n) is 4.19. The van der Waals surface area contributed by atoms with Gasteiger partial charge in [0.15, 0.2) is 5.65 Å². The van der Waals surface area contributed by atoms with E-state index >= 15 is 0 Å². The normalized spacial score (nSPS) is 11.1. The lowest BCUT2D eigenvalue weighted by atomic mass is 10.2. The number of nitrogens with one attached hydrogen (secondary N) is 1. The van der Waals surface area contributed by atoms with Crippen molar-refractivity contribution in [3.63, 3.8) is 0 Å². The van der Waals surface area contributed by atoms with E-state index in [-0.39, 0.29) is 0 Å². The number of hydrogen-bond acceptors (Lipinski definition) is 4. The zero-order valence-corrected chi connectivity index (χ0v) is 7.23. The van der Waals surface area contributed by atoms with Crippen LogP contribution in [0.25, 0.3) is 22.2 Å². The number of hydrogen-bond donors (Lipinski definition) is 2. The summed E-state index contributed by atoms with van der Waals surface area (Å²) in [5.74, 6) is 0. The lowest BCUT2D eigenvalue weighted by molar-refractivity contribution is 1.31. The van der Waals surface area contributed by atoms with Gasteiger partial charge in [-0.05, 0) is 12.1 Å². The third-order valence-electron chi connectivity index (χ3n) is 2.16. The van der Waals surface area contributed by atoms with Crippen LogP contribution < -0.4 is 5.73 Å². The number of imidazole rings is 1. The van der Waals surface area contributed by atoms with Gasteiger partial charge in [-0.25, -0.2) is 9.97 Å². The highest BCUT2D eigenvalue weighted by Crippen LogP contribution is 2.23. The van der Waals surface area contributed by atoms with E-state index in [1.807, 2.05) is 12.1 Å². The molecule has 3 rings (SSSR count). The monoisotopic (exact) mass is 185 g/mol. The quantitative estimate of drug-likeness (QED) is 0.549. The van der Waals surface area contributed by atoms with Crippen molar-refractivity contribution in [2.24, 2.45) is 0 Å². The molecular formula is C9H7N5. The van der Waals surface area contributed by atoms with Crippen molar-refractivity contribution in [2.45, 2.75) is 0 Å². The van der Waals surface area contributed by atoms with Crippen LogP contribution in [-0.2, 0) is 0 Å². The second-order valence-corrected chi connectivity index (χ2v) is 3.00. The molecule has 0 fully saturated rings. The first-order chi connectivity index (χ1) is 6.86. The van der Waals surface area contributed by atoms with Crippen LogP contribution in [0.1, 0.15) is 0 Å². The van der Waals surface area contributed by atoms with Gasteiger partial charge in [-0.15, -0.1) is 0 Å². The Morgan fingerprint density at radius 2 is 2.21 bits per heavy atom. The molecule has 0 saturated carbocycles. The minimum Gasteiger partial charge on any atom is -0.395 e. The van der Waals surface area contributed by atoms with Crippen molar-refractivity contribution >= 4 is 27.9 Å². The smallest absolute Gasteiger partial charge is 0.180 e. The molecule has 0 atom stereocenters. The number of nitrogens with two attached hydrogens (primary N) is 1. The Labute approximate surface area is 79.0 Å². The summed E-state index contributed by atoms with van der Waals surface area (Å²) in [6, 6.07) is 3.69. The lowest BCUT2D eigenvalue weighted by Gasteiger charge is -2.00. The molecule has 3 aromatic heterocycles. The predicted octanol–water partition coefficient (Wildman–Crippen LogP) is 1.09. The number of fused-ring (bicyclic) bond motifs is 2. The van der Waals surface area contributed by atoms with E-state index in [9.17, 15) is 0 Å². The number of aromatic nitrogens is 4. The minimum absolute atomic E-state index is 0.600. The van der Waals surface area contributed by atoms with E-state index in [1.54, 1.807) is 12.5 Å². The van der Waals surface area contributed by atoms with Gasteiger partial charge in [0, 0.05) is 6.20 Å². The molecule has 0 aromatic carbocycles. The molecule has 0 aliphatic heterocycles. The fourth-order valence-electron chi connectivity index (χ4n) is 1.50. The Morgan fingerprint density at radius 3 is 3.14 bits per heavy atom. The third-order valence-corrected chi connectivity index (χ3v) is 2.16. The van der Waals surface area contributed by atoms with Gasteiger partial charge in [0.1, 0.15) is 11.0 Å². The van der Waals surface area contributed by atoms with Crippen LogP contribution in [0.4, 0.5) is 5.69 Å². The topological polar surface area (TPSA) is 80.5 Å². The summed E-state index contributed by atoms with van der Waals surface area (Å²) in [6.07, 6.45) is 3.27. The molecule has 0 unspecified atom stereocenters. The fourth-order valence-corrected chi connectivity index (χ4v) is 1.50. The highest BCUT2D eigenvalue weighted by Gasteiger charge is 2.07. The Balaban J connectivity index is 2.63. The first kappa shape index (κ1) is 7.25. The van der Waals surface area contributed by atoms with E-state index < -0.39 is 0 Å². The maximum absolute atomic E-state index is 5.93. The average molecular weight is 185 g/mol. The van der Waals surface area contributed by atoms with Crippen molar-refractivity contribution in [3.05, 3.63) is 24.7 Å². The van der Waals surface area contributed by atoms with Crippen LogP contribution in [0.5, 0.6) is 0 Å². The average Bonchev–Trinajstić information content (AvgIpc) is 2.66. The van der Waals surface area contributed by atoms with Gasteiger partial charge in [-0.1, -0.05) is 0 Å². The molecule has 0 radical (unpaired) electrons. The van der Waals surface area contributed by atoms with Crippen LogP contribution in [0.2, 0.25) is 0 Å². The summed E-state index contributed by atoms with van der Waals surface area (Å²) in [4.78, 5) is 15.5. The molecule has 68 valence electrons. The van der Waals surface area contributed by atoms with Crippen molar-refractivity contribution in [2.75, 3.05) is 5.73 Å². The van der Waals surface area contributed by atoms with Crippen LogP contribution in [0.15, 0.2) is 24.7 Å². The molecule has 0 saturated heterocycles. The molecular weight excluding hydrogens is 178 g/mol. The molecule has 0 amide bonds. The Bertz CT molecular complexity index is 613. The number of aromatic amines is 1. The maximum atomic E-state index is 5.93. The molecule has 0 aliphatic carbocycles. The minimum atomic E-state index is 0.600. The molecule has 0 bridgehead atoms. The van der Waals surface area contributed by atoms with E-state index in [4.69, 9.17) is 5.73 Å². The van der Waals surface area contributed by atoms with Crippen molar-refractivity contribution < 1.29 is 0 Å². The van der Waals surface area contributed by atoms with Gasteiger partial charge in [0.2, 0.25) is 0 Å². The second kappa shape index (κ2) is 2.41. The van der Waals surface area contributed by atoms with E-state index in [1.165, 1.54) is 0 Å². The predicted molar refractivity (Wildman–Crippen MR) is 53.6 cm³/mol. The van der Waals surface area contributed by atoms with E-state index in [0.717, 1.165) is 11.0 Å². The van der Waals surface area contributed by atoms with Crippen LogP contribution >= 0.6 is 0 Å². The van der Waals surface area contributed by atoms with E-state index in [0.29, 0.717) is 16.9 Å². The van der Waals surface area contributed by atoms with Crippen molar-refractivity contribution in [1.82, 2.24) is 19.9 Å². The molecule has 3 heterocycles. The SMILES string of the molecule is Nc1c2ncccc2nc2nc[nH]c12. The summed E-state index contributed by atoms with van der Waals surface area (Å²) >= 11 is 0. The maximum Gasteiger partial charge on any atom is 0.180 e. The molecule has 0 spiro atoms. The van der Waals surface area contributed by atoms with Gasteiger partial charge in [-0.2, -0.15) is 0 Å². The molecule has 5 nitrogen and oxygen atoms in total. The number of pyridine rings is 2. The fraction of sp³-hybridized carbons (Fsp3) is 0. The number of anilines is 1. The highest BCUT2D eigenvalue weighted by atomic mass is 15.0. The van der Waals surface area contributed by atoms with Gasteiger partial charge in [0.05, 0.1) is 17.5 Å². The summed E-state index contributed by atoms with van der Waals surface area (Å²) in [5, 5.41) is 0. The van der Waals surface area contributed by atoms with Crippen molar-refractivity contribution in [1.29, 1.82) is 0 Å². The van der Waals surface area contributed by atoms with Gasteiger partial charge in [-0.3, -0.25) is 4.98 Å². The molecule has 3 aromatic rings. The second-order valence-electron chi connectivity index (χ2n) is 3.00. The van der Waals surface area contributed by atoms with E-state index in [2.05, 4.69) is 19.9 Å². The number of H-pyrrole nitrogens is 1. The van der Waals surface area contributed by atoms with Gasteiger partial charge < -0.3 is 10.7 Å². The Morgan fingerprint density at radius 1 is 1.29 bits per heavy atom. The summed E-state index contributed by atoms with van der Waals surface area (Å²) in [5.41, 5.74) is 9.38. The number of nitrogen functional groups attached to an aromatic ring is 1. The number of nitrogens with zero attached hydrogens (tertiary/aromatic N) is 3. The summed E-state index contributed by atoms with van der Waals surface area (Å²) < 4.78 is 0. The van der Waals surface area contributed by atoms with Gasteiger partial charge >= 0.3 is 0 Å². The van der Waals surface area contributed by atoms with Crippen LogP contribution in [0, 0.1) is 0 Å². The zero-order valence-electron chi connectivity index (χ0n) is 7.23. The summed E-state index contributed by atoms with van der Waals surface area (Å²) in [6.45, 7) is 0. The largest absolute Gasteiger partial charge is 0.395 e. The zero-order chi connectivity index (χ0) is 9.54. The Hall–Kier alpha value is -2.17. The molecule has 14 heavy (non-hydrogen) atoms. The van der Waals surface area contributed by atoms with Crippen LogP contribution in [-0.4, -0.2) is 19.9 Å². The van der Waals surface area contributed by atoms with Crippen LogP contribution in [0.3, 0.4) is 0 Å².